The second-order valence-corrected chi connectivity index (χ2v) is 3.84. The summed E-state index contributed by atoms with van der Waals surface area (Å²) in [4.78, 5) is 10.7. The summed E-state index contributed by atoms with van der Waals surface area (Å²) in [6.07, 6.45) is 3.44. The van der Waals surface area contributed by atoms with Crippen LogP contribution in [-0.2, 0) is 0 Å². The summed E-state index contributed by atoms with van der Waals surface area (Å²) in [6, 6.07) is 5.59. The Morgan fingerprint density at radius 1 is 1.50 bits per heavy atom. The molecule has 2 heteroatoms. The van der Waals surface area contributed by atoms with Crippen LogP contribution in [0.3, 0.4) is 0 Å². The zero-order valence-corrected chi connectivity index (χ0v) is 8.32. The molecule has 74 valence electrons. The van der Waals surface area contributed by atoms with E-state index in [0.717, 1.165) is 35.7 Å². The fraction of sp³-hybridized carbons (Fsp3) is 0.417. The molecule has 0 radical (unpaired) electrons. The Hall–Kier alpha value is -1.31. The quantitative estimate of drug-likeness (QED) is 0.682. The molecule has 1 aliphatic carbocycles. The van der Waals surface area contributed by atoms with E-state index in [0.29, 0.717) is 0 Å². The van der Waals surface area contributed by atoms with E-state index >= 15 is 0 Å². The van der Waals surface area contributed by atoms with Crippen molar-refractivity contribution < 1.29 is 9.53 Å². The molecule has 1 fully saturated rings. The number of aldehydes is 1. The first-order valence-corrected chi connectivity index (χ1v) is 4.99. The van der Waals surface area contributed by atoms with E-state index in [1.807, 2.05) is 25.1 Å². The van der Waals surface area contributed by atoms with Crippen LogP contribution in [0.15, 0.2) is 18.2 Å². The number of ether oxygens (including phenoxy) is 1. The third kappa shape index (κ3) is 1.95. The van der Waals surface area contributed by atoms with Gasteiger partial charge in [-0.1, -0.05) is 12.1 Å². The van der Waals surface area contributed by atoms with Crippen LogP contribution >= 0.6 is 0 Å². The zero-order chi connectivity index (χ0) is 9.97. The lowest BCUT2D eigenvalue weighted by molar-refractivity contribution is 0.112. The smallest absolute Gasteiger partial charge is 0.150 e. The average molecular weight is 190 g/mol. The lowest BCUT2D eigenvalue weighted by Gasteiger charge is -2.09. The van der Waals surface area contributed by atoms with Crippen LogP contribution in [0.5, 0.6) is 5.75 Å². The van der Waals surface area contributed by atoms with E-state index in [-0.39, 0.29) is 0 Å². The minimum absolute atomic E-state index is 0.721. The molecule has 1 saturated carbocycles. The van der Waals surface area contributed by atoms with Gasteiger partial charge in [0.1, 0.15) is 12.0 Å². The molecule has 0 aliphatic heterocycles. The Bertz CT molecular complexity index is 340. The number of benzene rings is 1. The van der Waals surface area contributed by atoms with Gasteiger partial charge in [-0.15, -0.1) is 0 Å². The lowest BCUT2D eigenvalue weighted by Crippen LogP contribution is -2.01. The normalized spacial score (nSPS) is 15.2. The molecule has 0 spiro atoms. The zero-order valence-electron chi connectivity index (χ0n) is 8.32. The van der Waals surface area contributed by atoms with E-state index < -0.39 is 0 Å². The molecule has 14 heavy (non-hydrogen) atoms. The molecule has 1 aliphatic rings. The van der Waals surface area contributed by atoms with Gasteiger partial charge in [0.15, 0.2) is 0 Å². The van der Waals surface area contributed by atoms with Crippen LogP contribution in [0.4, 0.5) is 0 Å². The molecule has 0 amide bonds. The topological polar surface area (TPSA) is 26.3 Å². The number of hydrogen-bond acceptors (Lipinski definition) is 2. The third-order valence-corrected chi connectivity index (χ3v) is 2.62. The van der Waals surface area contributed by atoms with E-state index in [2.05, 4.69) is 0 Å². The summed E-state index contributed by atoms with van der Waals surface area (Å²) in [6.45, 7) is 2.72. The van der Waals surface area contributed by atoms with Crippen molar-refractivity contribution in [3.05, 3.63) is 29.3 Å². The largest absolute Gasteiger partial charge is 0.493 e. The summed E-state index contributed by atoms with van der Waals surface area (Å²) in [5.74, 6) is 1.59. The molecule has 1 aromatic rings. The predicted molar refractivity (Wildman–Crippen MR) is 54.8 cm³/mol. The molecule has 0 saturated heterocycles. The Kier molecular flexibility index (Phi) is 2.53. The molecule has 2 rings (SSSR count). The summed E-state index contributed by atoms with van der Waals surface area (Å²) >= 11 is 0. The highest BCUT2D eigenvalue weighted by Gasteiger charge is 2.22. The van der Waals surface area contributed by atoms with E-state index in [4.69, 9.17) is 4.74 Å². The second kappa shape index (κ2) is 3.82. The fourth-order valence-electron chi connectivity index (χ4n) is 1.41. The SMILES string of the molecule is Cc1c(C=O)cccc1OCC1CC1. The number of carbonyl (C=O) groups is 1. The molecule has 0 bridgehead atoms. The van der Waals surface area contributed by atoms with Crippen LogP contribution in [-0.4, -0.2) is 12.9 Å². The summed E-state index contributed by atoms with van der Waals surface area (Å²) in [5, 5.41) is 0. The fourth-order valence-corrected chi connectivity index (χ4v) is 1.41. The molecule has 0 N–H and O–H groups in total. The van der Waals surface area contributed by atoms with Gasteiger partial charge in [-0.2, -0.15) is 0 Å². The van der Waals surface area contributed by atoms with Crippen LogP contribution in [0, 0.1) is 12.8 Å². The van der Waals surface area contributed by atoms with Crippen LogP contribution in [0.1, 0.15) is 28.8 Å². The predicted octanol–water partition coefficient (Wildman–Crippen LogP) is 2.60. The van der Waals surface area contributed by atoms with E-state index in [1.54, 1.807) is 0 Å². The van der Waals surface area contributed by atoms with Gasteiger partial charge in [0, 0.05) is 11.1 Å². The van der Waals surface area contributed by atoms with Gasteiger partial charge < -0.3 is 4.74 Å². The Morgan fingerprint density at radius 2 is 2.29 bits per heavy atom. The molecular weight excluding hydrogens is 176 g/mol. The summed E-state index contributed by atoms with van der Waals surface area (Å²) in [7, 11) is 0. The van der Waals surface area contributed by atoms with Gasteiger partial charge in [0.05, 0.1) is 6.61 Å². The van der Waals surface area contributed by atoms with Crippen molar-refractivity contribution in [3.63, 3.8) is 0 Å². The molecule has 0 heterocycles. The maximum absolute atomic E-state index is 10.7. The second-order valence-electron chi connectivity index (χ2n) is 3.84. The Balaban J connectivity index is 2.10. The molecule has 0 aromatic heterocycles. The van der Waals surface area contributed by atoms with Gasteiger partial charge in [0.25, 0.3) is 0 Å². The van der Waals surface area contributed by atoms with Crippen molar-refractivity contribution in [2.45, 2.75) is 19.8 Å². The maximum atomic E-state index is 10.7. The number of rotatable bonds is 4. The first-order chi connectivity index (χ1) is 6.81. The molecule has 2 nitrogen and oxygen atoms in total. The monoisotopic (exact) mass is 190 g/mol. The van der Waals surface area contributed by atoms with Gasteiger partial charge in [-0.3, -0.25) is 4.79 Å². The molecule has 0 atom stereocenters. The highest BCUT2D eigenvalue weighted by Crippen LogP contribution is 2.30. The highest BCUT2D eigenvalue weighted by molar-refractivity contribution is 5.78. The van der Waals surface area contributed by atoms with Crippen molar-refractivity contribution in [1.82, 2.24) is 0 Å². The van der Waals surface area contributed by atoms with Gasteiger partial charge in [-0.25, -0.2) is 0 Å². The van der Waals surface area contributed by atoms with Gasteiger partial charge in [0.2, 0.25) is 0 Å². The van der Waals surface area contributed by atoms with Crippen LogP contribution in [0.2, 0.25) is 0 Å². The van der Waals surface area contributed by atoms with Crippen molar-refractivity contribution in [2.24, 2.45) is 5.92 Å². The Labute approximate surface area is 83.9 Å². The average Bonchev–Trinajstić information content (AvgIpc) is 3.00. The van der Waals surface area contributed by atoms with Gasteiger partial charge in [-0.05, 0) is 31.7 Å². The minimum Gasteiger partial charge on any atom is -0.493 e. The standard InChI is InChI=1S/C12H14O2/c1-9-11(7-13)3-2-4-12(9)14-8-10-5-6-10/h2-4,7,10H,5-6,8H2,1H3. The van der Waals surface area contributed by atoms with E-state index in [1.165, 1.54) is 12.8 Å². The maximum Gasteiger partial charge on any atom is 0.150 e. The molecule has 1 aromatic carbocycles. The summed E-state index contributed by atoms with van der Waals surface area (Å²) < 4.78 is 5.64. The van der Waals surface area contributed by atoms with Crippen molar-refractivity contribution >= 4 is 6.29 Å². The van der Waals surface area contributed by atoms with E-state index in [9.17, 15) is 4.79 Å². The first-order valence-electron chi connectivity index (χ1n) is 4.99. The first kappa shape index (κ1) is 9.25. The Morgan fingerprint density at radius 3 is 2.93 bits per heavy atom. The van der Waals surface area contributed by atoms with Crippen molar-refractivity contribution in [2.75, 3.05) is 6.61 Å². The summed E-state index contributed by atoms with van der Waals surface area (Å²) in [5.41, 5.74) is 1.67. The highest BCUT2D eigenvalue weighted by atomic mass is 16.5. The third-order valence-electron chi connectivity index (χ3n) is 2.62. The number of carbonyl (C=O) groups excluding carboxylic acids is 1. The number of hydrogen-bond donors (Lipinski definition) is 0. The van der Waals surface area contributed by atoms with Crippen molar-refractivity contribution in [1.29, 1.82) is 0 Å². The molecular formula is C12H14O2. The lowest BCUT2D eigenvalue weighted by atomic mass is 10.1. The van der Waals surface area contributed by atoms with Crippen LogP contribution in [0.25, 0.3) is 0 Å². The van der Waals surface area contributed by atoms with Crippen LogP contribution < -0.4 is 4.74 Å². The van der Waals surface area contributed by atoms with Crippen molar-refractivity contribution in [3.8, 4) is 5.75 Å². The molecule has 0 unspecified atom stereocenters. The minimum atomic E-state index is 0.721. The van der Waals surface area contributed by atoms with Gasteiger partial charge >= 0.3 is 0 Å².